The summed E-state index contributed by atoms with van der Waals surface area (Å²) in [5, 5.41) is 3.32. The fourth-order valence-electron chi connectivity index (χ4n) is 8.01. The van der Waals surface area contributed by atoms with E-state index in [-0.39, 0.29) is 23.8 Å². The van der Waals surface area contributed by atoms with Gasteiger partial charge in [0.15, 0.2) is 0 Å². The molecular weight excluding hydrogens is 651 g/mol. The smallest absolute Gasteiger partial charge is 0.243 e. The van der Waals surface area contributed by atoms with Crippen molar-refractivity contribution >= 4 is 11.8 Å². The fourth-order valence-corrected chi connectivity index (χ4v) is 8.01. The first-order chi connectivity index (χ1) is 26.0. The molecule has 1 atom stereocenters. The van der Waals surface area contributed by atoms with Crippen molar-refractivity contribution in [3.8, 4) is 0 Å². The molecule has 0 aromatic rings. The van der Waals surface area contributed by atoms with Crippen molar-refractivity contribution in [2.24, 2.45) is 5.92 Å². The third kappa shape index (κ3) is 29.4. The number of amides is 2. The predicted octanol–water partition coefficient (Wildman–Crippen LogP) is 13.5. The number of hydrogen-bond acceptors (Lipinski definition) is 3. The van der Waals surface area contributed by atoms with Gasteiger partial charge >= 0.3 is 0 Å². The van der Waals surface area contributed by atoms with Gasteiger partial charge in [-0.15, -0.1) is 0 Å². The van der Waals surface area contributed by atoms with E-state index in [0.717, 1.165) is 58.0 Å². The number of carbonyl (C=O) groups is 2. The Morgan fingerprint density at radius 2 is 1.02 bits per heavy atom. The van der Waals surface area contributed by atoms with Crippen LogP contribution in [0.15, 0.2) is 24.3 Å². The lowest BCUT2D eigenvalue weighted by Gasteiger charge is -2.38. The van der Waals surface area contributed by atoms with Crippen molar-refractivity contribution in [1.29, 1.82) is 0 Å². The molecule has 0 bridgehead atoms. The SMILES string of the molecule is CCCCC/C=C\C/C=C\CCCCCCCC(=O)N(CCN(C)C)C(C(=O)NCCCCCCCCCCCCCCCCCC)C1CCCCC1. The number of unbranched alkanes of at least 4 members (excludes halogenated alkanes) is 23. The summed E-state index contributed by atoms with van der Waals surface area (Å²) in [6, 6.07) is -0.318. The van der Waals surface area contributed by atoms with Crippen LogP contribution < -0.4 is 5.32 Å². The summed E-state index contributed by atoms with van der Waals surface area (Å²) in [7, 11) is 4.13. The Morgan fingerprint density at radius 3 is 1.55 bits per heavy atom. The first kappa shape index (κ1) is 49.4. The summed E-state index contributed by atoms with van der Waals surface area (Å²) in [6.45, 7) is 6.72. The number of hydrogen-bond donors (Lipinski definition) is 1. The quantitative estimate of drug-likeness (QED) is 0.0509. The van der Waals surface area contributed by atoms with E-state index in [4.69, 9.17) is 0 Å². The molecule has 0 radical (unpaired) electrons. The predicted molar refractivity (Wildman–Crippen MR) is 233 cm³/mol. The summed E-state index contributed by atoms with van der Waals surface area (Å²) in [6.07, 6.45) is 50.2. The Morgan fingerprint density at radius 1 is 0.566 bits per heavy atom. The number of likely N-dealkylation sites (N-methyl/N-ethyl adjacent to an activating group) is 1. The second kappa shape index (κ2) is 37.3. The van der Waals surface area contributed by atoms with E-state index in [9.17, 15) is 9.59 Å². The number of nitrogens with one attached hydrogen (secondary N) is 1. The lowest BCUT2D eigenvalue weighted by atomic mass is 9.82. The van der Waals surface area contributed by atoms with Gasteiger partial charge in [0.1, 0.15) is 6.04 Å². The van der Waals surface area contributed by atoms with E-state index < -0.39 is 0 Å². The van der Waals surface area contributed by atoms with Crippen LogP contribution in [0.4, 0.5) is 0 Å². The van der Waals surface area contributed by atoms with Crippen LogP contribution in [0.2, 0.25) is 0 Å². The average Bonchev–Trinajstić information content (AvgIpc) is 3.16. The molecule has 310 valence electrons. The molecule has 0 heterocycles. The maximum atomic E-state index is 13.9. The van der Waals surface area contributed by atoms with Crippen LogP contribution in [0, 0.1) is 5.92 Å². The van der Waals surface area contributed by atoms with Gasteiger partial charge in [0, 0.05) is 26.1 Å². The van der Waals surface area contributed by atoms with Gasteiger partial charge in [0.2, 0.25) is 11.8 Å². The van der Waals surface area contributed by atoms with Gasteiger partial charge in [0.25, 0.3) is 0 Å². The van der Waals surface area contributed by atoms with Gasteiger partial charge in [-0.25, -0.2) is 0 Å². The highest BCUT2D eigenvalue weighted by atomic mass is 16.2. The van der Waals surface area contributed by atoms with Crippen LogP contribution in [-0.2, 0) is 9.59 Å². The van der Waals surface area contributed by atoms with Crippen LogP contribution in [0.1, 0.15) is 226 Å². The zero-order chi connectivity index (χ0) is 38.5. The molecule has 0 aromatic heterocycles. The highest BCUT2D eigenvalue weighted by Crippen LogP contribution is 2.30. The standard InChI is InChI=1S/C48H91N3O2/c1-5-7-9-11-13-15-17-19-21-23-25-27-29-31-33-38-42-49-48(53)47(45-39-35-34-36-40-45)51(44-43-50(3)4)46(52)41-37-32-30-28-26-24-22-20-18-16-14-12-10-8-6-2/h14,16,20,22,45,47H,5-13,15,17-19,21,23-44H2,1-4H3,(H,49,53)/b16-14-,22-20-. The van der Waals surface area contributed by atoms with E-state index in [1.807, 2.05) is 4.90 Å². The number of carbonyl (C=O) groups excluding carboxylic acids is 2. The largest absolute Gasteiger partial charge is 0.354 e. The van der Waals surface area contributed by atoms with Crippen LogP contribution >= 0.6 is 0 Å². The molecule has 1 rings (SSSR count). The zero-order valence-electron chi connectivity index (χ0n) is 36.1. The molecule has 5 heteroatoms. The highest BCUT2D eigenvalue weighted by Gasteiger charge is 2.36. The molecule has 0 saturated heterocycles. The van der Waals surface area contributed by atoms with Crippen molar-refractivity contribution in [2.75, 3.05) is 33.7 Å². The van der Waals surface area contributed by atoms with E-state index in [1.165, 1.54) is 161 Å². The van der Waals surface area contributed by atoms with Gasteiger partial charge in [-0.1, -0.05) is 186 Å². The van der Waals surface area contributed by atoms with Crippen molar-refractivity contribution < 1.29 is 9.59 Å². The van der Waals surface area contributed by atoms with Gasteiger partial charge < -0.3 is 15.1 Å². The minimum atomic E-state index is -0.318. The van der Waals surface area contributed by atoms with Gasteiger partial charge in [-0.05, 0) is 77.8 Å². The Bertz CT molecular complexity index is 878. The summed E-state index contributed by atoms with van der Waals surface area (Å²) in [5.74, 6) is 0.570. The summed E-state index contributed by atoms with van der Waals surface area (Å²) in [5.41, 5.74) is 0. The molecule has 2 amide bonds. The Balaban J connectivity index is 2.37. The van der Waals surface area contributed by atoms with Gasteiger partial charge in [0.05, 0.1) is 0 Å². The molecule has 1 unspecified atom stereocenters. The van der Waals surface area contributed by atoms with Crippen molar-refractivity contribution in [1.82, 2.24) is 15.1 Å². The van der Waals surface area contributed by atoms with Gasteiger partial charge in [-0.3, -0.25) is 9.59 Å². The van der Waals surface area contributed by atoms with E-state index in [1.54, 1.807) is 0 Å². The van der Waals surface area contributed by atoms with Gasteiger partial charge in [-0.2, -0.15) is 0 Å². The third-order valence-corrected chi connectivity index (χ3v) is 11.5. The molecule has 0 aliphatic heterocycles. The van der Waals surface area contributed by atoms with Crippen LogP contribution in [-0.4, -0.2) is 61.4 Å². The molecule has 1 aliphatic rings. The zero-order valence-corrected chi connectivity index (χ0v) is 36.1. The topological polar surface area (TPSA) is 52.7 Å². The molecule has 1 saturated carbocycles. The van der Waals surface area contributed by atoms with Crippen molar-refractivity contribution in [3.63, 3.8) is 0 Å². The molecule has 0 spiro atoms. The molecule has 1 fully saturated rings. The summed E-state index contributed by atoms with van der Waals surface area (Å²) in [4.78, 5) is 31.8. The van der Waals surface area contributed by atoms with Crippen molar-refractivity contribution in [2.45, 2.75) is 232 Å². The highest BCUT2D eigenvalue weighted by molar-refractivity contribution is 5.88. The first-order valence-corrected chi connectivity index (χ1v) is 23.5. The molecular formula is C48H91N3O2. The minimum Gasteiger partial charge on any atom is -0.354 e. The van der Waals surface area contributed by atoms with Crippen LogP contribution in [0.25, 0.3) is 0 Å². The molecule has 0 aromatic carbocycles. The normalized spacial score (nSPS) is 14.5. The molecule has 1 N–H and O–H groups in total. The second-order valence-electron chi connectivity index (χ2n) is 16.8. The maximum Gasteiger partial charge on any atom is 0.243 e. The number of allylic oxidation sites excluding steroid dienone is 4. The average molecular weight is 742 g/mol. The van der Waals surface area contributed by atoms with Crippen LogP contribution in [0.3, 0.4) is 0 Å². The Kier molecular flexibility index (Phi) is 34.8. The van der Waals surface area contributed by atoms with E-state index >= 15 is 0 Å². The Hall–Kier alpha value is -1.62. The van der Waals surface area contributed by atoms with Crippen molar-refractivity contribution in [3.05, 3.63) is 24.3 Å². The minimum absolute atomic E-state index is 0.102. The fraction of sp³-hybridized carbons (Fsp3) is 0.875. The third-order valence-electron chi connectivity index (χ3n) is 11.5. The number of nitrogens with zero attached hydrogens (tertiary/aromatic N) is 2. The van der Waals surface area contributed by atoms with E-state index in [2.05, 4.69) is 62.5 Å². The first-order valence-electron chi connectivity index (χ1n) is 23.5. The lowest BCUT2D eigenvalue weighted by Crippen LogP contribution is -2.55. The summed E-state index contributed by atoms with van der Waals surface area (Å²) < 4.78 is 0. The summed E-state index contributed by atoms with van der Waals surface area (Å²) >= 11 is 0. The van der Waals surface area contributed by atoms with Crippen LogP contribution in [0.5, 0.6) is 0 Å². The van der Waals surface area contributed by atoms with E-state index in [0.29, 0.717) is 13.0 Å². The second-order valence-corrected chi connectivity index (χ2v) is 16.8. The lowest BCUT2D eigenvalue weighted by molar-refractivity contribution is -0.143. The molecule has 53 heavy (non-hydrogen) atoms. The molecule has 1 aliphatic carbocycles. The monoisotopic (exact) mass is 742 g/mol. The maximum absolute atomic E-state index is 13.9. The Labute approximate surface area is 331 Å². The number of rotatable bonds is 37. The molecule has 5 nitrogen and oxygen atoms in total.